The van der Waals surface area contributed by atoms with Crippen molar-refractivity contribution in [3.63, 3.8) is 0 Å². The molecule has 0 saturated heterocycles. The SMILES string of the molecule is COC(=O)c1cccc(COc2ccc(-c3cc(F)c(F)cc3Cl)cc2)c1NN(C[C@H](O)CO)C(=O)OC(C)(C)C. The summed E-state index contributed by atoms with van der Waals surface area (Å²) in [7, 11) is 1.21. The monoisotopic (exact) mass is 592 g/mol. The summed E-state index contributed by atoms with van der Waals surface area (Å²) in [5.41, 5.74) is 3.46. The number of hydrogen-bond acceptors (Lipinski definition) is 8. The Morgan fingerprint density at radius 2 is 1.73 bits per heavy atom. The fourth-order valence-electron chi connectivity index (χ4n) is 3.65. The van der Waals surface area contributed by atoms with Crippen molar-refractivity contribution in [3.05, 3.63) is 82.4 Å². The normalized spacial score (nSPS) is 11.9. The van der Waals surface area contributed by atoms with E-state index in [9.17, 15) is 28.6 Å². The summed E-state index contributed by atoms with van der Waals surface area (Å²) in [6.07, 6.45) is -2.16. The van der Waals surface area contributed by atoms with E-state index in [1.165, 1.54) is 13.2 Å². The van der Waals surface area contributed by atoms with Gasteiger partial charge in [0.1, 0.15) is 18.0 Å². The highest BCUT2D eigenvalue weighted by atomic mass is 35.5. The van der Waals surface area contributed by atoms with Crippen LogP contribution in [0.3, 0.4) is 0 Å². The largest absolute Gasteiger partial charge is 0.489 e. The molecule has 220 valence electrons. The molecule has 3 aromatic carbocycles. The number of methoxy groups -OCH3 is 1. The molecular weight excluding hydrogens is 562 g/mol. The Morgan fingerprint density at radius 1 is 1.07 bits per heavy atom. The van der Waals surface area contributed by atoms with Gasteiger partial charge in [-0.05, 0) is 56.7 Å². The topological polar surface area (TPSA) is 118 Å². The first-order valence-electron chi connectivity index (χ1n) is 12.5. The van der Waals surface area contributed by atoms with Crippen molar-refractivity contribution in [2.75, 3.05) is 25.7 Å². The van der Waals surface area contributed by atoms with Crippen molar-refractivity contribution >= 4 is 29.4 Å². The van der Waals surface area contributed by atoms with E-state index in [4.69, 9.17) is 25.8 Å². The predicted molar refractivity (Wildman–Crippen MR) is 149 cm³/mol. The predicted octanol–water partition coefficient (Wildman–Crippen LogP) is 5.57. The molecule has 0 fully saturated rings. The van der Waals surface area contributed by atoms with Crippen LogP contribution in [0, 0.1) is 11.6 Å². The molecule has 0 bridgehead atoms. The zero-order valence-corrected chi connectivity index (χ0v) is 23.7. The van der Waals surface area contributed by atoms with Crippen molar-refractivity contribution in [3.8, 4) is 16.9 Å². The van der Waals surface area contributed by atoms with Crippen LogP contribution >= 0.6 is 11.6 Å². The lowest BCUT2D eigenvalue weighted by atomic mass is 10.1. The maximum atomic E-state index is 13.7. The maximum absolute atomic E-state index is 13.7. The van der Waals surface area contributed by atoms with Crippen molar-refractivity contribution < 1.29 is 42.8 Å². The van der Waals surface area contributed by atoms with E-state index < -0.39 is 42.0 Å². The molecule has 0 aliphatic rings. The van der Waals surface area contributed by atoms with E-state index >= 15 is 0 Å². The average molecular weight is 593 g/mol. The number of nitrogens with zero attached hydrogens (tertiary/aromatic N) is 1. The number of carbonyl (C=O) groups excluding carboxylic acids is 2. The number of anilines is 1. The molecule has 0 unspecified atom stereocenters. The second-order valence-corrected chi connectivity index (χ2v) is 10.3. The van der Waals surface area contributed by atoms with Gasteiger partial charge in [0.15, 0.2) is 11.6 Å². The molecule has 3 rings (SSSR count). The van der Waals surface area contributed by atoms with E-state index in [1.807, 2.05) is 0 Å². The van der Waals surface area contributed by atoms with E-state index in [2.05, 4.69) is 5.43 Å². The average Bonchev–Trinajstić information content (AvgIpc) is 2.92. The number of carbonyl (C=O) groups is 2. The van der Waals surface area contributed by atoms with E-state index in [-0.39, 0.29) is 29.4 Å². The molecule has 1 atom stereocenters. The first-order chi connectivity index (χ1) is 19.3. The number of nitrogens with one attached hydrogen (secondary N) is 1. The van der Waals surface area contributed by atoms with Gasteiger partial charge in [-0.3, -0.25) is 5.43 Å². The van der Waals surface area contributed by atoms with Gasteiger partial charge >= 0.3 is 12.1 Å². The second kappa shape index (κ2) is 13.6. The Balaban J connectivity index is 1.89. The zero-order valence-electron chi connectivity index (χ0n) is 22.9. The van der Waals surface area contributed by atoms with Crippen LogP contribution in [0.2, 0.25) is 5.02 Å². The summed E-state index contributed by atoms with van der Waals surface area (Å²) < 4.78 is 43.4. The van der Waals surface area contributed by atoms with Crippen LogP contribution in [0.5, 0.6) is 5.75 Å². The first kappa shape index (κ1) is 31.6. The lowest BCUT2D eigenvalue weighted by Gasteiger charge is -2.30. The fourth-order valence-corrected chi connectivity index (χ4v) is 3.91. The van der Waals surface area contributed by atoms with Gasteiger partial charge in [0.25, 0.3) is 0 Å². The lowest BCUT2D eigenvalue weighted by molar-refractivity contribution is 0.0133. The summed E-state index contributed by atoms with van der Waals surface area (Å²) in [6.45, 7) is 3.93. The van der Waals surface area contributed by atoms with E-state index in [0.29, 0.717) is 22.4 Å². The number of esters is 1. The number of aliphatic hydroxyl groups is 2. The molecule has 3 N–H and O–H groups in total. The third-order valence-electron chi connectivity index (χ3n) is 5.59. The van der Waals surface area contributed by atoms with Gasteiger partial charge in [0, 0.05) is 11.1 Å². The Morgan fingerprint density at radius 3 is 2.34 bits per heavy atom. The molecule has 0 aliphatic carbocycles. The van der Waals surface area contributed by atoms with Crippen molar-refractivity contribution in [2.24, 2.45) is 0 Å². The number of amides is 1. The summed E-state index contributed by atoms with van der Waals surface area (Å²) in [6, 6.07) is 13.1. The third-order valence-corrected chi connectivity index (χ3v) is 5.90. The molecule has 0 spiro atoms. The smallest absolute Gasteiger partial charge is 0.429 e. The Labute approximate surface area is 241 Å². The van der Waals surface area contributed by atoms with Gasteiger partial charge in [-0.25, -0.2) is 23.4 Å². The molecule has 0 aliphatic heterocycles. The Hall–Kier alpha value is -3.93. The minimum atomic E-state index is -1.30. The molecule has 0 heterocycles. The summed E-state index contributed by atoms with van der Waals surface area (Å²) in [5.74, 6) is -2.37. The maximum Gasteiger partial charge on any atom is 0.429 e. The number of halogens is 3. The zero-order chi connectivity index (χ0) is 30.3. The molecule has 0 radical (unpaired) electrons. The highest BCUT2D eigenvalue weighted by Crippen LogP contribution is 2.32. The lowest BCUT2D eigenvalue weighted by Crippen LogP contribution is -2.45. The molecule has 3 aromatic rings. The molecule has 0 aromatic heterocycles. The first-order valence-corrected chi connectivity index (χ1v) is 12.8. The molecule has 9 nitrogen and oxygen atoms in total. The summed E-state index contributed by atoms with van der Waals surface area (Å²) >= 11 is 6.08. The second-order valence-electron chi connectivity index (χ2n) is 9.93. The molecule has 0 saturated carbocycles. The Bertz CT molecular complexity index is 1380. The van der Waals surface area contributed by atoms with Crippen LogP contribution in [-0.4, -0.2) is 59.3 Å². The quantitative estimate of drug-likeness (QED) is 0.159. The number of rotatable bonds is 10. The van der Waals surface area contributed by atoms with Crippen LogP contribution in [0.1, 0.15) is 36.7 Å². The van der Waals surface area contributed by atoms with Crippen molar-refractivity contribution in [1.82, 2.24) is 5.01 Å². The van der Waals surface area contributed by atoms with Gasteiger partial charge < -0.3 is 24.4 Å². The van der Waals surface area contributed by atoms with Crippen LogP contribution < -0.4 is 10.2 Å². The molecular formula is C29H31ClF2N2O7. The highest BCUT2D eigenvalue weighted by Gasteiger charge is 2.27. The van der Waals surface area contributed by atoms with Gasteiger partial charge in [-0.15, -0.1) is 0 Å². The van der Waals surface area contributed by atoms with Crippen LogP contribution in [0.25, 0.3) is 11.1 Å². The summed E-state index contributed by atoms with van der Waals surface area (Å²) in [4.78, 5) is 25.5. The van der Waals surface area contributed by atoms with Gasteiger partial charge in [0.2, 0.25) is 0 Å². The minimum absolute atomic E-state index is 0.0498. The van der Waals surface area contributed by atoms with Gasteiger partial charge in [-0.2, -0.15) is 0 Å². The van der Waals surface area contributed by atoms with Crippen LogP contribution in [-0.2, 0) is 16.1 Å². The summed E-state index contributed by atoms with van der Waals surface area (Å²) in [5, 5.41) is 20.4. The van der Waals surface area contributed by atoms with Gasteiger partial charge in [0.05, 0.1) is 42.6 Å². The molecule has 41 heavy (non-hydrogen) atoms. The van der Waals surface area contributed by atoms with Crippen LogP contribution in [0.15, 0.2) is 54.6 Å². The Kier molecular flexibility index (Phi) is 10.5. The fraction of sp³-hybridized carbons (Fsp3) is 0.310. The van der Waals surface area contributed by atoms with Gasteiger partial charge in [-0.1, -0.05) is 35.9 Å². The number of hydrogen-bond donors (Lipinski definition) is 3. The number of hydrazine groups is 1. The number of benzene rings is 3. The molecule has 1 amide bonds. The number of aliphatic hydroxyl groups excluding tert-OH is 2. The van der Waals surface area contributed by atoms with E-state index in [0.717, 1.165) is 17.1 Å². The van der Waals surface area contributed by atoms with E-state index in [1.54, 1.807) is 57.2 Å². The minimum Gasteiger partial charge on any atom is -0.489 e. The third kappa shape index (κ3) is 8.53. The number of ether oxygens (including phenoxy) is 3. The van der Waals surface area contributed by atoms with Crippen molar-refractivity contribution in [2.45, 2.75) is 39.1 Å². The standard InChI is InChI=1S/C29H31ClF2N2O7/c1-29(2,3)41-28(38)34(14-19(36)15-35)33-26-18(6-5-7-21(26)27(37)39-4)16-40-20-10-8-17(9-11-20)22-12-24(31)25(32)13-23(22)30/h5-13,19,33,35-36H,14-16H2,1-4H3/t19-/m0/s1. The highest BCUT2D eigenvalue weighted by molar-refractivity contribution is 6.33. The van der Waals surface area contributed by atoms with Crippen molar-refractivity contribution in [1.29, 1.82) is 0 Å². The molecule has 12 heteroatoms. The number of para-hydroxylation sites is 1. The van der Waals surface area contributed by atoms with Crippen LogP contribution in [0.4, 0.5) is 19.3 Å².